The smallest absolute Gasteiger partial charge is 0.151 e. The number of ether oxygens (including phenoxy) is 1. The number of nitrogens with zero attached hydrogens (tertiary/aromatic N) is 5. The van der Waals surface area contributed by atoms with Gasteiger partial charge in [-0.25, -0.2) is 9.67 Å². The third kappa shape index (κ3) is 3.54. The molecule has 2 atom stereocenters. The van der Waals surface area contributed by atoms with E-state index in [9.17, 15) is 0 Å². The Morgan fingerprint density at radius 2 is 2.15 bits per heavy atom. The van der Waals surface area contributed by atoms with Gasteiger partial charge in [-0.15, -0.1) is 0 Å². The van der Waals surface area contributed by atoms with Crippen molar-refractivity contribution < 1.29 is 4.74 Å². The second-order valence-corrected chi connectivity index (χ2v) is 7.20. The Labute approximate surface area is 160 Å². The van der Waals surface area contributed by atoms with E-state index in [4.69, 9.17) is 14.8 Å². The molecule has 4 rings (SSSR count). The van der Waals surface area contributed by atoms with Crippen LogP contribution in [0, 0.1) is 6.92 Å². The lowest BCUT2D eigenvalue weighted by Gasteiger charge is -2.17. The fourth-order valence-corrected chi connectivity index (χ4v) is 3.77. The molecule has 2 aromatic heterocycles. The summed E-state index contributed by atoms with van der Waals surface area (Å²) in [6, 6.07) is 8.44. The summed E-state index contributed by atoms with van der Waals surface area (Å²) in [6.45, 7) is 7.95. The van der Waals surface area contributed by atoms with Crippen LogP contribution in [-0.4, -0.2) is 31.2 Å². The zero-order chi connectivity index (χ0) is 18.8. The maximum atomic E-state index is 6.11. The Kier molecular flexibility index (Phi) is 5.07. The Hall–Kier alpha value is -2.47. The van der Waals surface area contributed by atoms with Gasteiger partial charge in [0.15, 0.2) is 5.82 Å². The summed E-state index contributed by atoms with van der Waals surface area (Å²) in [7, 11) is 0. The van der Waals surface area contributed by atoms with Gasteiger partial charge in [-0.05, 0) is 44.4 Å². The van der Waals surface area contributed by atoms with Crippen LogP contribution in [0.4, 0.5) is 0 Å². The van der Waals surface area contributed by atoms with E-state index in [1.165, 1.54) is 5.56 Å². The van der Waals surface area contributed by atoms with Crippen LogP contribution in [0.1, 0.15) is 61.5 Å². The highest BCUT2D eigenvalue weighted by atomic mass is 16.5. The zero-order valence-electron chi connectivity index (χ0n) is 16.3. The largest absolute Gasteiger partial charge is 0.373 e. The molecule has 3 heterocycles. The predicted molar refractivity (Wildman–Crippen MR) is 104 cm³/mol. The Balaban J connectivity index is 1.75. The van der Waals surface area contributed by atoms with Crippen molar-refractivity contribution >= 4 is 0 Å². The fraction of sp³-hybridized carbons (Fsp3) is 0.476. The van der Waals surface area contributed by atoms with Gasteiger partial charge >= 0.3 is 0 Å². The first kappa shape index (κ1) is 17.9. The number of benzene rings is 1. The van der Waals surface area contributed by atoms with Crippen molar-refractivity contribution in [3.05, 3.63) is 59.4 Å². The van der Waals surface area contributed by atoms with Crippen molar-refractivity contribution in [1.29, 1.82) is 0 Å². The Bertz CT molecular complexity index is 913. The quantitative estimate of drug-likeness (QED) is 0.663. The van der Waals surface area contributed by atoms with Crippen molar-refractivity contribution in [2.75, 3.05) is 6.61 Å². The summed E-state index contributed by atoms with van der Waals surface area (Å²) in [5.41, 5.74) is 3.40. The number of rotatable bonds is 6. The molecule has 0 aliphatic carbocycles. The summed E-state index contributed by atoms with van der Waals surface area (Å²) in [4.78, 5) is 4.94. The average Bonchev–Trinajstić information content (AvgIpc) is 3.40. The molecular weight excluding hydrogens is 338 g/mol. The molecule has 142 valence electrons. The monoisotopic (exact) mass is 365 g/mol. The van der Waals surface area contributed by atoms with Gasteiger partial charge in [-0.3, -0.25) is 4.68 Å². The van der Waals surface area contributed by atoms with Crippen LogP contribution >= 0.6 is 0 Å². The predicted octanol–water partition coefficient (Wildman–Crippen LogP) is 3.99. The van der Waals surface area contributed by atoms with E-state index in [2.05, 4.69) is 56.3 Å². The van der Waals surface area contributed by atoms with E-state index in [0.717, 1.165) is 55.3 Å². The topological polar surface area (TPSA) is 57.8 Å². The summed E-state index contributed by atoms with van der Waals surface area (Å²) in [6.07, 6.45) is 6.85. The lowest BCUT2D eigenvalue weighted by atomic mass is 9.96. The standard InChI is InChI=1S/C21H27N5O/c1-4-7-19-23-21(26(24-19)17-9-6-8-15(3)12-17)18-10-11-27-20(18)16-13-22-25(5-2)14-16/h6,8-9,12-14,18,20H,4-5,7,10-11H2,1-3H3/t18-,20+/m1/s1. The molecular formula is C21H27N5O. The van der Waals surface area contributed by atoms with E-state index in [1.54, 1.807) is 0 Å². The average molecular weight is 365 g/mol. The highest BCUT2D eigenvalue weighted by Crippen LogP contribution is 2.41. The molecule has 0 saturated carbocycles. The number of aryl methyl sites for hydroxylation is 3. The molecule has 6 heteroatoms. The van der Waals surface area contributed by atoms with Gasteiger partial charge in [0.2, 0.25) is 0 Å². The minimum atomic E-state index is -0.0208. The van der Waals surface area contributed by atoms with Crippen LogP contribution < -0.4 is 0 Å². The molecule has 0 unspecified atom stereocenters. The van der Waals surface area contributed by atoms with Gasteiger partial charge in [0.05, 0.1) is 23.9 Å². The molecule has 1 fully saturated rings. The van der Waals surface area contributed by atoms with E-state index in [0.29, 0.717) is 0 Å². The lowest BCUT2D eigenvalue weighted by molar-refractivity contribution is 0.103. The van der Waals surface area contributed by atoms with Crippen LogP contribution in [0.5, 0.6) is 0 Å². The molecule has 0 amide bonds. The maximum absolute atomic E-state index is 6.11. The summed E-state index contributed by atoms with van der Waals surface area (Å²) in [5, 5.41) is 9.26. The molecule has 1 aromatic carbocycles. The van der Waals surface area contributed by atoms with Crippen molar-refractivity contribution in [3.8, 4) is 5.69 Å². The molecule has 0 bridgehead atoms. The second kappa shape index (κ2) is 7.64. The number of hydrogen-bond acceptors (Lipinski definition) is 4. The molecule has 27 heavy (non-hydrogen) atoms. The van der Waals surface area contributed by atoms with Crippen LogP contribution in [0.2, 0.25) is 0 Å². The van der Waals surface area contributed by atoms with Crippen molar-refractivity contribution in [1.82, 2.24) is 24.5 Å². The van der Waals surface area contributed by atoms with Gasteiger partial charge in [0.25, 0.3) is 0 Å². The second-order valence-electron chi connectivity index (χ2n) is 7.20. The molecule has 1 saturated heterocycles. The third-order valence-corrected chi connectivity index (χ3v) is 5.12. The lowest BCUT2D eigenvalue weighted by Crippen LogP contribution is -2.12. The van der Waals surface area contributed by atoms with Crippen LogP contribution in [0.15, 0.2) is 36.7 Å². The van der Waals surface area contributed by atoms with E-state index in [1.807, 2.05) is 15.6 Å². The summed E-state index contributed by atoms with van der Waals surface area (Å²) in [5.74, 6) is 2.08. The highest BCUT2D eigenvalue weighted by Gasteiger charge is 2.36. The minimum absolute atomic E-state index is 0.0208. The Morgan fingerprint density at radius 1 is 1.26 bits per heavy atom. The first-order chi connectivity index (χ1) is 13.2. The van der Waals surface area contributed by atoms with Gasteiger partial charge in [-0.2, -0.15) is 10.2 Å². The van der Waals surface area contributed by atoms with Crippen LogP contribution in [0.3, 0.4) is 0 Å². The van der Waals surface area contributed by atoms with Crippen LogP contribution in [0.25, 0.3) is 5.69 Å². The highest BCUT2D eigenvalue weighted by molar-refractivity contribution is 5.36. The van der Waals surface area contributed by atoms with Crippen molar-refractivity contribution in [3.63, 3.8) is 0 Å². The fourth-order valence-electron chi connectivity index (χ4n) is 3.77. The van der Waals surface area contributed by atoms with Gasteiger partial charge < -0.3 is 4.74 Å². The molecule has 0 spiro atoms. The first-order valence-electron chi connectivity index (χ1n) is 9.86. The molecule has 1 aliphatic heterocycles. The minimum Gasteiger partial charge on any atom is -0.373 e. The summed E-state index contributed by atoms with van der Waals surface area (Å²) >= 11 is 0. The van der Waals surface area contributed by atoms with Gasteiger partial charge in [0.1, 0.15) is 5.82 Å². The SMILES string of the molecule is CCCc1nc([C@@H]2CCO[C@H]2c2cnn(CC)c2)n(-c2cccc(C)c2)n1. The van der Waals surface area contributed by atoms with Crippen LogP contribution in [-0.2, 0) is 17.7 Å². The normalized spacial score (nSPS) is 19.7. The first-order valence-corrected chi connectivity index (χ1v) is 9.86. The van der Waals surface area contributed by atoms with Gasteiger partial charge in [-0.1, -0.05) is 19.1 Å². The van der Waals surface area contributed by atoms with E-state index >= 15 is 0 Å². The van der Waals surface area contributed by atoms with Crippen molar-refractivity contribution in [2.45, 2.75) is 58.6 Å². The molecule has 6 nitrogen and oxygen atoms in total. The number of hydrogen-bond donors (Lipinski definition) is 0. The van der Waals surface area contributed by atoms with Crippen molar-refractivity contribution in [2.24, 2.45) is 0 Å². The molecule has 0 radical (unpaired) electrons. The maximum Gasteiger partial charge on any atom is 0.151 e. The molecule has 1 aliphatic rings. The van der Waals surface area contributed by atoms with E-state index < -0.39 is 0 Å². The zero-order valence-corrected chi connectivity index (χ0v) is 16.3. The number of aromatic nitrogens is 5. The molecule has 3 aromatic rings. The summed E-state index contributed by atoms with van der Waals surface area (Å²) < 4.78 is 10.1. The molecule has 0 N–H and O–H groups in total. The third-order valence-electron chi connectivity index (χ3n) is 5.12. The van der Waals surface area contributed by atoms with Gasteiger partial charge in [0, 0.05) is 31.3 Å². The van der Waals surface area contributed by atoms with E-state index in [-0.39, 0.29) is 12.0 Å². The Morgan fingerprint density at radius 3 is 2.89 bits per heavy atom.